The summed E-state index contributed by atoms with van der Waals surface area (Å²) in [5, 5.41) is 13.0. The maximum Gasteiger partial charge on any atom is 0.416 e. The summed E-state index contributed by atoms with van der Waals surface area (Å²) in [6, 6.07) is 13.4. The third-order valence-electron chi connectivity index (χ3n) is 4.02. The van der Waals surface area contributed by atoms with Crippen molar-refractivity contribution in [3.05, 3.63) is 78.4 Å². The molecule has 0 unspecified atom stereocenters. The van der Waals surface area contributed by atoms with Crippen LogP contribution in [0.15, 0.2) is 67.0 Å². The van der Waals surface area contributed by atoms with Crippen molar-refractivity contribution in [3.8, 4) is 17.1 Å². The lowest BCUT2D eigenvalue weighted by atomic mass is 10.2. The Hall–Kier alpha value is -3.95. The number of nitrogens with zero attached hydrogens (tertiary/aromatic N) is 4. The number of hydrogen-bond acceptors (Lipinski definition) is 4. The van der Waals surface area contributed by atoms with Gasteiger partial charge in [-0.25, -0.2) is 9.67 Å². The third kappa shape index (κ3) is 3.86. The summed E-state index contributed by atoms with van der Waals surface area (Å²) in [6.07, 6.45) is -1.63. The van der Waals surface area contributed by atoms with Crippen LogP contribution in [0.1, 0.15) is 16.2 Å². The molecule has 0 radical (unpaired) electrons. The van der Waals surface area contributed by atoms with Gasteiger partial charge in [-0.3, -0.25) is 9.89 Å². The molecule has 0 bridgehead atoms. The van der Waals surface area contributed by atoms with E-state index >= 15 is 0 Å². The molecule has 0 saturated carbocycles. The summed E-state index contributed by atoms with van der Waals surface area (Å²) in [5.74, 6) is -0.570. The molecule has 0 aliphatic heterocycles. The van der Waals surface area contributed by atoms with Crippen LogP contribution in [0, 0.1) is 0 Å². The van der Waals surface area contributed by atoms with Crippen LogP contribution in [-0.4, -0.2) is 30.9 Å². The highest BCUT2D eigenvalue weighted by atomic mass is 19.4. The largest absolute Gasteiger partial charge is 0.416 e. The number of H-pyrrole nitrogens is 1. The molecular weight excluding hydrogens is 385 g/mol. The monoisotopic (exact) mass is 398 g/mol. The molecular formula is C19H13F3N6O. The van der Waals surface area contributed by atoms with Crippen LogP contribution in [-0.2, 0) is 6.18 Å². The fourth-order valence-electron chi connectivity index (χ4n) is 2.68. The summed E-state index contributed by atoms with van der Waals surface area (Å²) >= 11 is 0. The number of nitrogens with one attached hydrogen (secondary N) is 2. The fraction of sp³-hybridized carbons (Fsp3) is 0.0526. The zero-order chi connectivity index (χ0) is 20.4. The number of carbonyl (C=O) groups is 1. The quantitative estimate of drug-likeness (QED) is 0.545. The number of rotatable bonds is 4. The molecule has 0 atom stereocenters. The van der Waals surface area contributed by atoms with E-state index in [0.29, 0.717) is 11.3 Å². The predicted molar refractivity (Wildman–Crippen MR) is 98.3 cm³/mol. The standard InChI is InChI=1S/C19H13F3N6O/c20-19(21,22)13-7-4-8-15(9-13)28-17(12-5-2-1-3-6-12)26-16(27-28)18(29)25-14-10-23-24-11-14/h1-11H,(H,23,24)(H,25,29). The average Bonchev–Trinajstić information content (AvgIpc) is 3.38. The Balaban J connectivity index is 1.80. The molecule has 2 aromatic carbocycles. The maximum atomic E-state index is 13.1. The van der Waals surface area contributed by atoms with Crippen molar-refractivity contribution in [3.63, 3.8) is 0 Å². The van der Waals surface area contributed by atoms with E-state index in [2.05, 4.69) is 25.6 Å². The topological polar surface area (TPSA) is 88.5 Å². The van der Waals surface area contributed by atoms with E-state index in [1.807, 2.05) is 0 Å². The van der Waals surface area contributed by atoms with Gasteiger partial charge in [-0.05, 0) is 18.2 Å². The summed E-state index contributed by atoms with van der Waals surface area (Å²) in [6.45, 7) is 0. The highest BCUT2D eigenvalue weighted by Gasteiger charge is 2.31. The zero-order valence-corrected chi connectivity index (χ0v) is 14.7. The number of halogens is 3. The molecule has 29 heavy (non-hydrogen) atoms. The molecule has 4 rings (SSSR count). The van der Waals surface area contributed by atoms with Crippen molar-refractivity contribution >= 4 is 11.6 Å². The first-order valence-electron chi connectivity index (χ1n) is 8.42. The van der Waals surface area contributed by atoms with Gasteiger partial charge in [0.25, 0.3) is 5.91 Å². The van der Waals surface area contributed by atoms with Gasteiger partial charge < -0.3 is 5.32 Å². The van der Waals surface area contributed by atoms with E-state index in [9.17, 15) is 18.0 Å². The number of alkyl halides is 3. The van der Waals surface area contributed by atoms with E-state index in [4.69, 9.17) is 0 Å². The number of carbonyl (C=O) groups excluding carboxylic acids is 1. The van der Waals surface area contributed by atoms with Crippen LogP contribution in [0.2, 0.25) is 0 Å². The van der Waals surface area contributed by atoms with E-state index < -0.39 is 17.6 Å². The molecule has 10 heteroatoms. The van der Waals surface area contributed by atoms with Crippen LogP contribution in [0.25, 0.3) is 17.1 Å². The number of benzene rings is 2. The van der Waals surface area contributed by atoms with Gasteiger partial charge in [0.15, 0.2) is 5.82 Å². The molecule has 146 valence electrons. The first-order valence-corrected chi connectivity index (χ1v) is 8.42. The van der Waals surface area contributed by atoms with Gasteiger partial charge in [-0.15, -0.1) is 5.10 Å². The van der Waals surface area contributed by atoms with Crippen LogP contribution in [0.4, 0.5) is 18.9 Å². The molecule has 4 aromatic rings. The second-order valence-corrected chi connectivity index (χ2v) is 6.03. The molecule has 2 heterocycles. The van der Waals surface area contributed by atoms with E-state index in [0.717, 1.165) is 12.1 Å². The number of anilines is 1. The molecule has 0 fully saturated rings. The second-order valence-electron chi connectivity index (χ2n) is 6.03. The Labute approximate surface area is 162 Å². The normalized spacial score (nSPS) is 11.4. The molecule has 2 N–H and O–H groups in total. The molecule has 2 aromatic heterocycles. The third-order valence-corrected chi connectivity index (χ3v) is 4.02. The van der Waals surface area contributed by atoms with Gasteiger partial charge in [0, 0.05) is 11.8 Å². The van der Waals surface area contributed by atoms with Gasteiger partial charge >= 0.3 is 6.18 Å². The minimum absolute atomic E-state index is 0.133. The van der Waals surface area contributed by atoms with E-state index in [-0.39, 0.29) is 17.3 Å². The summed E-state index contributed by atoms with van der Waals surface area (Å²) in [7, 11) is 0. The van der Waals surface area contributed by atoms with Gasteiger partial charge in [-0.2, -0.15) is 18.3 Å². The van der Waals surface area contributed by atoms with Crippen molar-refractivity contribution in [1.29, 1.82) is 0 Å². The van der Waals surface area contributed by atoms with Crippen molar-refractivity contribution < 1.29 is 18.0 Å². The number of amides is 1. The lowest BCUT2D eigenvalue weighted by Gasteiger charge is -2.10. The molecule has 0 spiro atoms. The van der Waals surface area contributed by atoms with Gasteiger partial charge in [0.2, 0.25) is 5.82 Å². The average molecular weight is 398 g/mol. The first kappa shape index (κ1) is 18.4. The zero-order valence-electron chi connectivity index (χ0n) is 14.7. The number of aromatic nitrogens is 5. The highest BCUT2D eigenvalue weighted by Crippen LogP contribution is 2.31. The van der Waals surface area contributed by atoms with Crippen LogP contribution < -0.4 is 5.32 Å². The van der Waals surface area contributed by atoms with Crippen LogP contribution in [0.5, 0.6) is 0 Å². The highest BCUT2D eigenvalue weighted by molar-refractivity contribution is 6.01. The van der Waals surface area contributed by atoms with E-state index in [1.165, 1.54) is 29.2 Å². The number of hydrogen-bond donors (Lipinski definition) is 2. The fourth-order valence-corrected chi connectivity index (χ4v) is 2.68. The van der Waals surface area contributed by atoms with Gasteiger partial charge in [0.1, 0.15) is 0 Å². The first-order chi connectivity index (χ1) is 13.9. The molecule has 0 aliphatic carbocycles. The molecule has 1 amide bonds. The second kappa shape index (κ2) is 7.23. The molecule has 0 saturated heterocycles. The predicted octanol–water partition coefficient (Wildman–Crippen LogP) is 3.93. The summed E-state index contributed by atoms with van der Waals surface area (Å²) in [4.78, 5) is 16.8. The lowest BCUT2D eigenvalue weighted by molar-refractivity contribution is -0.137. The Morgan fingerprint density at radius 2 is 1.86 bits per heavy atom. The van der Waals surface area contributed by atoms with Crippen molar-refractivity contribution in [2.45, 2.75) is 6.18 Å². The minimum Gasteiger partial charge on any atom is -0.316 e. The molecule has 0 aliphatic rings. The maximum absolute atomic E-state index is 13.1. The minimum atomic E-state index is -4.51. The van der Waals surface area contributed by atoms with Crippen LogP contribution >= 0.6 is 0 Å². The molecule has 7 nitrogen and oxygen atoms in total. The Kier molecular flexibility index (Phi) is 4.59. The lowest BCUT2D eigenvalue weighted by Crippen LogP contribution is -2.14. The van der Waals surface area contributed by atoms with Gasteiger partial charge in [-0.1, -0.05) is 36.4 Å². The summed E-state index contributed by atoms with van der Waals surface area (Å²) in [5.41, 5.74) is 0.314. The SMILES string of the molecule is O=C(Nc1cn[nH]c1)c1nc(-c2ccccc2)n(-c2cccc(C(F)(F)F)c2)n1. The van der Waals surface area contributed by atoms with Crippen molar-refractivity contribution in [2.75, 3.05) is 5.32 Å². The van der Waals surface area contributed by atoms with Crippen molar-refractivity contribution in [2.24, 2.45) is 0 Å². The Morgan fingerprint density at radius 1 is 1.07 bits per heavy atom. The van der Waals surface area contributed by atoms with Crippen molar-refractivity contribution in [1.82, 2.24) is 25.0 Å². The Morgan fingerprint density at radius 3 is 2.55 bits per heavy atom. The van der Waals surface area contributed by atoms with Gasteiger partial charge in [0.05, 0.1) is 23.1 Å². The van der Waals surface area contributed by atoms with E-state index in [1.54, 1.807) is 30.3 Å². The van der Waals surface area contributed by atoms with Crippen LogP contribution in [0.3, 0.4) is 0 Å². The Bertz CT molecular complexity index is 1140. The smallest absolute Gasteiger partial charge is 0.316 e. The summed E-state index contributed by atoms with van der Waals surface area (Å²) < 4.78 is 40.6. The number of aromatic amines is 1.